The SMILES string of the molecule is Cc1ccc(C(Cc2c(C)nn(C)c2Cl)NN)c(C)n1. The summed E-state index contributed by atoms with van der Waals surface area (Å²) < 4.78 is 1.68. The lowest BCUT2D eigenvalue weighted by Gasteiger charge is -2.18. The highest BCUT2D eigenvalue weighted by Gasteiger charge is 2.19. The van der Waals surface area contributed by atoms with Gasteiger partial charge >= 0.3 is 0 Å². The smallest absolute Gasteiger partial charge is 0.130 e. The molecule has 0 saturated carbocycles. The fourth-order valence-electron chi connectivity index (χ4n) is 2.43. The van der Waals surface area contributed by atoms with Crippen LogP contribution in [0.5, 0.6) is 0 Å². The molecular formula is C14H20ClN5. The van der Waals surface area contributed by atoms with Crippen molar-refractivity contribution < 1.29 is 0 Å². The van der Waals surface area contributed by atoms with E-state index in [2.05, 4.69) is 21.6 Å². The van der Waals surface area contributed by atoms with Gasteiger partial charge in [0, 0.05) is 24.0 Å². The van der Waals surface area contributed by atoms with Crippen molar-refractivity contribution in [1.29, 1.82) is 0 Å². The summed E-state index contributed by atoms with van der Waals surface area (Å²) in [5.41, 5.74) is 7.85. The van der Waals surface area contributed by atoms with Gasteiger partial charge in [-0.3, -0.25) is 20.9 Å². The van der Waals surface area contributed by atoms with E-state index in [-0.39, 0.29) is 6.04 Å². The van der Waals surface area contributed by atoms with Crippen LogP contribution in [0.2, 0.25) is 5.15 Å². The van der Waals surface area contributed by atoms with Gasteiger partial charge in [-0.15, -0.1) is 0 Å². The van der Waals surface area contributed by atoms with Crippen LogP contribution in [0.3, 0.4) is 0 Å². The second-order valence-corrected chi connectivity index (χ2v) is 5.39. The van der Waals surface area contributed by atoms with Gasteiger partial charge in [0.05, 0.1) is 11.7 Å². The third-order valence-corrected chi connectivity index (χ3v) is 3.99. The summed E-state index contributed by atoms with van der Waals surface area (Å²) in [5.74, 6) is 5.72. The molecule has 5 nitrogen and oxygen atoms in total. The molecule has 0 spiro atoms. The van der Waals surface area contributed by atoms with Crippen molar-refractivity contribution in [2.24, 2.45) is 12.9 Å². The minimum Gasteiger partial charge on any atom is -0.271 e. The Kier molecular flexibility index (Phi) is 4.42. The summed E-state index contributed by atoms with van der Waals surface area (Å²) >= 11 is 6.28. The number of aryl methyl sites for hydroxylation is 4. The van der Waals surface area contributed by atoms with Crippen molar-refractivity contribution in [3.05, 3.63) is 45.5 Å². The van der Waals surface area contributed by atoms with E-state index in [4.69, 9.17) is 17.4 Å². The van der Waals surface area contributed by atoms with E-state index in [9.17, 15) is 0 Å². The van der Waals surface area contributed by atoms with Gasteiger partial charge in [0.1, 0.15) is 5.15 Å². The molecule has 0 bridgehead atoms. The fourth-order valence-corrected chi connectivity index (χ4v) is 2.69. The van der Waals surface area contributed by atoms with Crippen LogP contribution in [-0.2, 0) is 13.5 Å². The second kappa shape index (κ2) is 5.91. The number of nitrogens with one attached hydrogen (secondary N) is 1. The standard InChI is InChI=1S/C14H20ClN5/c1-8-5-6-11(9(2)17-8)13(18-16)7-12-10(3)19-20(4)14(12)15/h5-6,13,18H,7,16H2,1-4H3. The quantitative estimate of drug-likeness (QED) is 0.669. The molecule has 0 aliphatic carbocycles. The van der Waals surface area contributed by atoms with Crippen molar-refractivity contribution in [3.8, 4) is 0 Å². The van der Waals surface area contributed by atoms with E-state index in [1.54, 1.807) is 4.68 Å². The summed E-state index contributed by atoms with van der Waals surface area (Å²) in [7, 11) is 1.84. The predicted octanol–water partition coefficient (Wildman–Crippen LogP) is 2.14. The molecule has 2 aromatic heterocycles. The molecule has 0 aliphatic rings. The first-order valence-electron chi connectivity index (χ1n) is 6.52. The van der Waals surface area contributed by atoms with E-state index in [1.165, 1.54) is 0 Å². The van der Waals surface area contributed by atoms with Crippen LogP contribution in [0.25, 0.3) is 0 Å². The Hall–Kier alpha value is -1.43. The molecular weight excluding hydrogens is 274 g/mol. The highest BCUT2D eigenvalue weighted by Crippen LogP contribution is 2.26. The molecule has 2 aromatic rings. The number of hydrogen-bond acceptors (Lipinski definition) is 4. The summed E-state index contributed by atoms with van der Waals surface area (Å²) in [4.78, 5) is 4.48. The Morgan fingerprint density at radius 3 is 2.50 bits per heavy atom. The normalized spacial score (nSPS) is 12.7. The molecule has 6 heteroatoms. The van der Waals surface area contributed by atoms with Crippen LogP contribution < -0.4 is 11.3 Å². The van der Waals surface area contributed by atoms with E-state index < -0.39 is 0 Å². The third-order valence-electron chi connectivity index (χ3n) is 3.52. The zero-order valence-corrected chi connectivity index (χ0v) is 13.0. The number of aromatic nitrogens is 3. The van der Waals surface area contributed by atoms with Crippen LogP contribution in [0.15, 0.2) is 12.1 Å². The van der Waals surface area contributed by atoms with Crippen LogP contribution >= 0.6 is 11.6 Å². The average molecular weight is 294 g/mol. The molecule has 2 heterocycles. The lowest BCUT2D eigenvalue weighted by molar-refractivity contribution is 0.545. The first kappa shape index (κ1) is 15.0. The zero-order chi connectivity index (χ0) is 14.9. The Morgan fingerprint density at radius 2 is 2.00 bits per heavy atom. The highest BCUT2D eigenvalue weighted by molar-refractivity contribution is 6.30. The maximum atomic E-state index is 6.28. The summed E-state index contributed by atoms with van der Waals surface area (Å²) in [6.07, 6.45) is 0.681. The van der Waals surface area contributed by atoms with E-state index >= 15 is 0 Å². The number of nitrogens with zero attached hydrogens (tertiary/aromatic N) is 3. The van der Waals surface area contributed by atoms with Crippen LogP contribution in [0.4, 0.5) is 0 Å². The van der Waals surface area contributed by atoms with Gasteiger partial charge < -0.3 is 0 Å². The Bertz CT molecular complexity index is 620. The Labute approximate surface area is 124 Å². The first-order valence-corrected chi connectivity index (χ1v) is 6.90. The van der Waals surface area contributed by atoms with Crippen molar-refractivity contribution in [1.82, 2.24) is 20.2 Å². The third kappa shape index (κ3) is 2.85. The molecule has 1 atom stereocenters. The molecule has 20 heavy (non-hydrogen) atoms. The summed E-state index contributed by atoms with van der Waals surface area (Å²) in [6.45, 7) is 5.92. The lowest BCUT2D eigenvalue weighted by Crippen LogP contribution is -2.30. The van der Waals surface area contributed by atoms with Gasteiger partial charge in [0.2, 0.25) is 0 Å². The van der Waals surface area contributed by atoms with E-state index in [0.29, 0.717) is 11.6 Å². The number of halogens is 1. The molecule has 0 fully saturated rings. The van der Waals surface area contributed by atoms with E-state index in [0.717, 1.165) is 28.2 Å². The molecule has 0 saturated heterocycles. The summed E-state index contributed by atoms with van der Waals surface area (Å²) in [6, 6.07) is 4.01. The number of pyridine rings is 1. The maximum absolute atomic E-state index is 6.28. The molecule has 2 rings (SSSR count). The number of hydrazine groups is 1. The Balaban J connectivity index is 2.33. The van der Waals surface area contributed by atoms with Crippen molar-refractivity contribution in [2.45, 2.75) is 33.2 Å². The van der Waals surface area contributed by atoms with Crippen molar-refractivity contribution in [3.63, 3.8) is 0 Å². The largest absolute Gasteiger partial charge is 0.271 e. The molecule has 1 unspecified atom stereocenters. The number of nitrogens with two attached hydrogens (primary N) is 1. The Morgan fingerprint density at radius 1 is 1.30 bits per heavy atom. The van der Waals surface area contributed by atoms with Gasteiger partial charge in [-0.2, -0.15) is 5.10 Å². The van der Waals surface area contributed by atoms with E-state index in [1.807, 2.05) is 33.9 Å². The maximum Gasteiger partial charge on any atom is 0.130 e. The molecule has 0 aliphatic heterocycles. The molecule has 108 valence electrons. The van der Waals surface area contributed by atoms with Gasteiger partial charge in [0.15, 0.2) is 0 Å². The molecule has 0 aromatic carbocycles. The number of rotatable bonds is 4. The minimum atomic E-state index is -0.0384. The van der Waals surface area contributed by atoms with Gasteiger partial charge in [-0.1, -0.05) is 17.7 Å². The first-order chi connectivity index (χ1) is 9.43. The molecule has 0 amide bonds. The van der Waals surface area contributed by atoms with Crippen molar-refractivity contribution >= 4 is 11.6 Å². The van der Waals surface area contributed by atoms with Crippen LogP contribution in [0, 0.1) is 20.8 Å². The van der Waals surface area contributed by atoms with Gasteiger partial charge in [-0.25, -0.2) is 0 Å². The van der Waals surface area contributed by atoms with Crippen molar-refractivity contribution in [2.75, 3.05) is 0 Å². The van der Waals surface area contributed by atoms with Gasteiger partial charge in [-0.05, 0) is 38.8 Å². The summed E-state index contributed by atoms with van der Waals surface area (Å²) in [5, 5.41) is 4.98. The monoisotopic (exact) mass is 293 g/mol. The molecule has 0 radical (unpaired) electrons. The zero-order valence-electron chi connectivity index (χ0n) is 12.2. The molecule has 3 N–H and O–H groups in total. The lowest BCUT2D eigenvalue weighted by atomic mass is 9.98. The number of hydrogen-bond donors (Lipinski definition) is 2. The average Bonchev–Trinajstić information content (AvgIpc) is 2.62. The highest BCUT2D eigenvalue weighted by atomic mass is 35.5. The fraction of sp³-hybridized carbons (Fsp3) is 0.429. The second-order valence-electron chi connectivity index (χ2n) is 5.03. The van der Waals surface area contributed by atoms with Gasteiger partial charge in [0.25, 0.3) is 0 Å². The van der Waals surface area contributed by atoms with Crippen LogP contribution in [0.1, 0.15) is 34.3 Å². The predicted molar refractivity (Wildman–Crippen MR) is 80.4 cm³/mol. The topological polar surface area (TPSA) is 68.8 Å². The minimum absolute atomic E-state index is 0.0384. The van der Waals surface area contributed by atoms with Crippen LogP contribution in [-0.4, -0.2) is 14.8 Å².